The summed E-state index contributed by atoms with van der Waals surface area (Å²) < 4.78 is 32.5. The third-order valence-electron chi connectivity index (χ3n) is 11.8. The van der Waals surface area contributed by atoms with E-state index in [9.17, 15) is 20.1 Å². The van der Waals surface area contributed by atoms with Crippen LogP contribution in [0.5, 0.6) is 17.2 Å². The molecule has 3 aromatic carbocycles. The van der Waals surface area contributed by atoms with Crippen molar-refractivity contribution in [3.63, 3.8) is 0 Å². The molecule has 1 amide bonds. The lowest BCUT2D eigenvalue weighted by molar-refractivity contribution is -0.256. The zero-order valence-corrected chi connectivity index (χ0v) is 34.9. The zero-order valence-electron chi connectivity index (χ0n) is 34.9. The van der Waals surface area contributed by atoms with Gasteiger partial charge in [-0.15, -0.1) is 13.2 Å². The van der Waals surface area contributed by atoms with E-state index in [4.69, 9.17) is 33.7 Å². The minimum Gasteiger partial charge on any atom is -0.459 e. The van der Waals surface area contributed by atoms with Crippen LogP contribution in [0.15, 0.2) is 103 Å². The van der Waals surface area contributed by atoms with Gasteiger partial charge in [-0.2, -0.15) is 0 Å². The minimum atomic E-state index is -1.45. The zero-order chi connectivity index (χ0) is 42.3. The molecular weight excluding hydrogens is 765 g/mol. The Morgan fingerprint density at radius 2 is 1.68 bits per heavy atom. The second-order valence-electron chi connectivity index (χ2n) is 15.5. The molecule has 2 aliphatic carbocycles. The van der Waals surface area contributed by atoms with Crippen molar-refractivity contribution in [3.05, 3.63) is 103 Å². The maximum Gasteiger partial charge on any atom is 0.410 e. The number of carbonyl (C=O) groups is 1. The highest BCUT2D eigenvalue weighted by Crippen LogP contribution is 2.62. The number of hydrogen-bond donors (Lipinski definition) is 3. The summed E-state index contributed by atoms with van der Waals surface area (Å²) in [5.74, 6) is -0.0823. The number of fused-ring (bicyclic) bond motifs is 3. The van der Waals surface area contributed by atoms with Crippen molar-refractivity contribution in [1.82, 2.24) is 4.90 Å². The largest absolute Gasteiger partial charge is 0.459 e. The third-order valence-corrected chi connectivity index (χ3v) is 11.8. The van der Waals surface area contributed by atoms with Gasteiger partial charge in [0.15, 0.2) is 0 Å². The predicted molar refractivity (Wildman–Crippen MR) is 231 cm³/mol. The Balaban J connectivity index is 1.55. The fraction of sp³-hybridized carbons (Fsp3) is 0.500. The number of nitrogens with zero attached hydrogens (tertiary/aromatic N) is 2. The molecule has 12 heteroatoms. The molecule has 1 saturated carbocycles. The molecule has 12 nitrogen and oxygen atoms in total. The summed E-state index contributed by atoms with van der Waals surface area (Å²) in [6.07, 6.45) is 10.4. The van der Waals surface area contributed by atoms with E-state index in [-0.39, 0.29) is 77.0 Å². The van der Waals surface area contributed by atoms with Gasteiger partial charge in [0.25, 0.3) is 0 Å². The molecule has 0 bridgehead atoms. The smallest absolute Gasteiger partial charge is 0.410 e. The summed E-state index contributed by atoms with van der Waals surface area (Å²) in [7, 11) is 0. The molecule has 3 N–H and O–H groups in total. The monoisotopic (exact) mass is 826 g/mol. The number of amides is 1. The quantitative estimate of drug-likeness (QED) is 0.0458. The maximum absolute atomic E-state index is 14.3. The van der Waals surface area contributed by atoms with Crippen LogP contribution in [0, 0.1) is 17.8 Å². The van der Waals surface area contributed by atoms with E-state index in [0.29, 0.717) is 48.8 Å². The van der Waals surface area contributed by atoms with Gasteiger partial charge in [0.1, 0.15) is 29.9 Å². The van der Waals surface area contributed by atoms with Crippen LogP contribution in [-0.2, 0) is 19.0 Å². The van der Waals surface area contributed by atoms with Crippen molar-refractivity contribution in [1.29, 1.82) is 0 Å². The SMILES string of the molecule is C=CCCOC(=O)N(CCOCCO)C1CC(=NOCC)C2=CC(CCCCO)C(CCCCO)C3c4cc(Oc5ccc6ccccc6c5)ccc4OC1(OCC=C)C23. The molecule has 1 heterocycles. The van der Waals surface area contributed by atoms with Crippen molar-refractivity contribution >= 4 is 22.6 Å². The van der Waals surface area contributed by atoms with Crippen molar-refractivity contribution in [3.8, 4) is 17.2 Å². The van der Waals surface area contributed by atoms with Crippen LogP contribution in [0.4, 0.5) is 4.79 Å². The van der Waals surface area contributed by atoms with Gasteiger partial charge in [-0.25, -0.2) is 4.79 Å². The molecule has 3 aromatic rings. The maximum atomic E-state index is 14.3. The molecule has 0 spiro atoms. The Hall–Kier alpha value is -4.72. The van der Waals surface area contributed by atoms with E-state index >= 15 is 0 Å². The molecule has 1 fully saturated rings. The predicted octanol–water partition coefficient (Wildman–Crippen LogP) is 8.31. The number of hydrogen-bond acceptors (Lipinski definition) is 11. The standard InChI is InChI=1S/C48H62N2O10/c1-4-7-27-56-47(54)50(22-28-55-29-25-53)44-33-42(49-58-6-3)40-31-36(16-10-12-23-51)39(17-11-13-24-52)45-41-32-38(59-37-19-18-34-14-8-9-15-35(34)30-37)20-21-43(41)60-48(44,46(40)45)57-26-5-2/h4-5,8-9,14-15,18-21,30-32,36,39,44-46,51-53H,1-2,6-7,10-13,16-17,22-29,33H2,3H3. The molecular formula is C48H62N2O10. The van der Waals surface area contributed by atoms with Gasteiger partial charge in [0.05, 0.1) is 44.7 Å². The number of carbonyl (C=O) groups excluding carboxylic acids is 1. The average Bonchev–Trinajstić information content (AvgIpc) is 3.26. The number of aliphatic hydroxyl groups excluding tert-OH is 3. The summed E-state index contributed by atoms with van der Waals surface area (Å²) in [4.78, 5) is 21.8. The molecule has 6 rings (SSSR count). The van der Waals surface area contributed by atoms with Crippen LogP contribution in [-0.4, -0.2) is 103 Å². The van der Waals surface area contributed by atoms with Crippen LogP contribution in [0.25, 0.3) is 10.8 Å². The van der Waals surface area contributed by atoms with Gasteiger partial charge in [-0.05, 0) is 97.5 Å². The molecule has 0 saturated heterocycles. The number of rotatable bonds is 24. The van der Waals surface area contributed by atoms with E-state index < -0.39 is 23.8 Å². The Morgan fingerprint density at radius 1 is 0.917 bits per heavy atom. The van der Waals surface area contributed by atoms with Crippen molar-refractivity contribution in [2.24, 2.45) is 22.9 Å². The van der Waals surface area contributed by atoms with Gasteiger partial charge in [0.2, 0.25) is 5.79 Å². The summed E-state index contributed by atoms with van der Waals surface area (Å²) in [5, 5.41) is 36.3. The first-order valence-corrected chi connectivity index (χ1v) is 21.5. The molecule has 3 aliphatic rings. The number of oxime groups is 1. The van der Waals surface area contributed by atoms with Crippen LogP contribution in [0.1, 0.15) is 69.8 Å². The fourth-order valence-corrected chi connectivity index (χ4v) is 9.24. The van der Waals surface area contributed by atoms with E-state index in [1.807, 2.05) is 49.4 Å². The van der Waals surface area contributed by atoms with E-state index in [1.54, 1.807) is 17.1 Å². The Bertz CT molecular complexity index is 1950. The summed E-state index contributed by atoms with van der Waals surface area (Å²) >= 11 is 0. The highest BCUT2D eigenvalue weighted by atomic mass is 16.7. The van der Waals surface area contributed by atoms with Crippen molar-refractivity contribution < 1.29 is 48.6 Å². The first-order valence-electron chi connectivity index (χ1n) is 21.5. The van der Waals surface area contributed by atoms with Crippen molar-refractivity contribution in [2.75, 3.05) is 59.4 Å². The number of benzene rings is 3. The average molecular weight is 827 g/mol. The first kappa shape index (κ1) is 44.8. The van der Waals surface area contributed by atoms with Crippen molar-refractivity contribution in [2.45, 2.75) is 76.0 Å². The number of unbranched alkanes of at least 4 members (excludes halogenated alkanes) is 2. The molecule has 0 aromatic heterocycles. The number of ether oxygens (including phenoxy) is 5. The summed E-state index contributed by atoms with van der Waals surface area (Å²) in [6.45, 7) is 10.7. The highest BCUT2D eigenvalue weighted by Gasteiger charge is 2.65. The minimum absolute atomic E-state index is 0.0437. The molecule has 60 heavy (non-hydrogen) atoms. The highest BCUT2D eigenvalue weighted by molar-refractivity contribution is 6.03. The normalized spacial score (nSPS) is 23.5. The van der Waals surface area contributed by atoms with E-state index in [2.05, 4.69) is 37.4 Å². The molecule has 0 radical (unpaired) electrons. The molecule has 6 unspecified atom stereocenters. The first-order chi connectivity index (χ1) is 29.4. The molecule has 324 valence electrons. The number of allylic oxidation sites excluding steroid dienone is 1. The van der Waals surface area contributed by atoms with E-state index in [0.717, 1.165) is 47.6 Å². The molecule has 6 atom stereocenters. The lowest BCUT2D eigenvalue weighted by Gasteiger charge is -2.59. The Morgan fingerprint density at radius 3 is 2.43 bits per heavy atom. The Labute approximate surface area is 354 Å². The van der Waals surface area contributed by atoms with E-state index in [1.165, 1.54) is 0 Å². The van der Waals surface area contributed by atoms with Crippen LogP contribution in [0.3, 0.4) is 0 Å². The lowest BCUT2D eigenvalue weighted by Crippen LogP contribution is -2.70. The van der Waals surface area contributed by atoms with Gasteiger partial charge in [-0.3, -0.25) is 4.90 Å². The summed E-state index contributed by atoms with van der Waals surface area (Å²) in [5.41, 5.74) is 2.57. The Kier molecular flexibility index (Phi) is 16.6. The van der Waals surface area contributed by atoms with Crippen LogP contribution in [0.2, 0.25) is 0 Å². The topological polar surface area (TPSA) is 149 Å². The van der Waals surface area contributed by atoms with Crippen LogP contribution >= 0.6 is 0 Å². The second kappa shape index (κ2) is 22.2. The number of aliphatic hydroxyl groups is 3. The fourth-order valence-electron chi connectivity index (χ4n) is 9.24. The van der Waals surface area contributed by atoms with Gasteiger partial charge in [0, 0.05) is 37.7 Å². The lowest BCUT2D eigenvalue weighted by atomic mass is 9.55. The van der Waals surface area contributed by atoms with Gasteiger partial charge in [-0.1, -0.05) is 66.6 Å². The summed E-state index contributed by atoms with van der Waals surface area (Å²) in [6, 6.07) is 19.3. The second-order valence-corrected chi connectivity index (χ2v) is 15.5. The van der Waals surface area contributed by atoms with Crippen LogP contribution < -0.4 is 9.47 Å². The third kappa shape index (κ3) is 10.2. The van der Waals surface area contributed by atoms with Gasteiger partial charge >= 0.3 is 6.09 Å². The molecule has 1 aliphatic heterocycles. The van der Waals surface area contributed by atoms with Gasteiger partial charge < -0.3 is 43.8 Å².